The number of benzene rings is 3. The Kier molecular flexibility index (Phi) is 8.81. The van der Waals surface area contributed by atoms with Crippen molar-refractivity contribution in [2.45, 2.75) is 33.1 Å². The minimum atomic E-state index is -4.75. The molecule has 1 N–H and O–H groups in total. The van der Waals surface area contributed by atoms with Crippen LogP contribution in [-0.2, 0) is 0 Å². The van der Waals surface area contributed by atoms with Crippen molar-refractivity contribution in [2.24, 2.45) is 10.1 Å². The predicted octanol–water partition coefficient (Wildman–Crippen LogP) is 6.92. The number of urea groups is 1. The van der Waals surface area contributed by atoms with E-state index in [4.69, 9.17) is 0 Å². The third-order valence-electron chi connectivity index (χ3n) is 6.44. The molecule has 0 atom stereocenters. The first-order chi connectivity index (χ1) is 20.6. The summed E-state index contributed by atoms with van der Waals surface area (Å²) in [5, 5.41) is 9.08. The average molecular weight is 608 g/mol. The number of alkyl halides is 3. The van der Waals surface area contributed by atoms with E-state index in [0.717, 1.165) is 34.7 Å². The van der Waals surface area contributed by atoms with Crippen LogP contribution < -0.4 is 15.1 Å². The summed E-state index contributed by atoms with van der Waals surface area (Å²) >= 11 is 1.54. The Morgan fingerprint density at radius 2 is 1.84 bits per heavy atom. The van der Waals surface area contributed by atoms with Gasteiger partial charge in [-0.1, -0.05) is 62.0 Å². The lowest BCUT2D eigenvalue weighted by atomic mass is 9.99. The van der Waals surface area contributed by atoms with Gasteiger partial charge < -0.3 is 9.64 Å². The van der Waals surface area contributed by atoms with E-state index in [2.05, 4.69) is 67.3 Å². The highest BCUT2D eigenvalue weighted by Crippen LogP contribution is 2.33. The minimum Gasteiger partial charge on any atom is -0.406 e. The number of hydrogen-bond donors (Lipinski definition) is 1. The number of hydrogen-bond acceptors (Lipinski definition) is 6. The fraction of sp³-hybridized carbons (Fsp3) is 0.233. The van der Waals surface area contributed by atoms with Crippen LogP contribution in [0.15, 0.2) is 83.2 Å². The van der Waals surface area contributed by atoms with Crippen molar-refractivity contribution in [1.82, 2.24) is 20.2 Å². The van der Waals surface area contributed by atoms with E-state index in [0.29, 0.717) is 22.6 Å². The van der Waals surface area contributed by atoms with Crippen molar-refractivity contribution in [3.63, 3.8) is 0 Å². The maximum atomic E-state index is 12.6. The molecule has 43 heavy (non-hydrogen) atoms. The summed E-state index contributed by atoms with van der Waals surface area (Å²) in [4.78, 5) is 23.2. The second kappa shape index (κ2) is 12.7. The Labute approximate surface area is 250 Å². The Hall–Kier alpha value is -4.65. The number of carbonyl (C=O) groups is 1. The molecule has 1 fully saturated rings. The predicted molar refractivity (Wildman–Crippen MR) is 162 cm³/mol. The lowest BCUT2D eigenvalue weighted by Crippen LogP contribution is -2.27. The summed E-state index contributed by atoms with van der Waals surface area (Å²) in [5.41, 5.74) is 7.87. The number of aryl methyl sites for hydroxylation is 1. The number of hydrazone groups is 1. The molecule has 0 saturated carbocycles. The lowest BCUT2D eigenvalue weighted by molar-refractivity contribution is -0.274. The number of nitrogens with one attached hydrogen (secondary N) is 1. The molecule has 222 valence electrons. The van der Waals surface area contributed by atoms with Gasteiger partial charge in [0.05, 0.1) is 11.9 Å². The number of aliphatic imine (C=N–C) groups is 1. The van der Waals surface area contributed by atoms with Gasteiger partial charge in [-0.3, -0.25) is 0 Å². The zero-order chi connectivity index (χ0) is 30.6. The van der Waals surface area contributed by atoms with Gasteiger partial charge in [-0.2, -0.15) is 10.1 Å². The van der Waals surface area contributed by atoms with Gasteiger partial charge >= 0.3 is 12.4 Å². The fourth-order valence-electron chi connectivity index (χ4n) is 4.41. The summed E-state index contributed by atoms with van der Waals surface area (Å²) < 4.78 is 42.5. The highest BCUT2D eigenvalue weighted by molar-refractivity contribution is 8.14. The third kappa shape index (κ3) is 7.60. The number of rotatable bonds is 7. The molecule has 1 saturated heterocycles. The summed E-state index contributed by atoms with van der Waals surface area (Å²) in [6, 6.07) is 18.3. The van der Waals surface area contributed by atoms with Crippen LogP contribution in [0.4, 0.5) is 23.7 Å². The molecule has 1 aliphatic heterocycles. The smallest absolute Gasteiger partial charge is 0.406 e. The molecular formula is C30H28F3N7O2S. The second-order valence-electron chi connectivity index (χ2n) is 9.96. The molecule has 1 aliphatic rings. The molecule has 0 bridgehead atoms. The maximum absolute atomic E-state index is 12.6. The van der Waals surface area contributed by atoms with E-state index in [9.17, 15) is 18.0 Å². The Bertz CT molecular complexity index is 1650. The molecule has 2 heterocycles. The fourth-order valence-corrected chi connectivity index (χ4v) is 5.36. The Morgan fingerprint density at radius 1 is 1.09 bits per heavy atom. The van der Waals surface area contributed by atoms with Gasteiger partial charge in [0.2, 0.25) is 0 Å². The first kappa shape index (κ1) is 29.8. The van der Waals surface area contributed by atoms with Crippen molar-refractivity contribution in [2.75, 3.05) is 17.2 Å². The number of amidine groups is 1. The highest BCUT2D eigenvalue weighted by atomic mass is 32.2. The molecule has 5 rings (SSSR count). The van der Waals surface area contributed by atoms with Gasteiger partial charge in [0.15, 0.2) is 11.0 Å². The van der Waals surface area contributed by atoms with Crippen LogP contribution in [0.2, 0.25) is 0 Å². The van der Waals surface area contributed by atoms with Crippen molar-refractivity contribution < 1.29 is 22.7 Å². The monoisotopic (exact) mass is 607 g/mol. The quantitative estimate of drug-likeness (QED) is 0.181. The molecule has 0 unspecified atom stereocenters. The zero-order valence-corrected chi connectivity index (χ0v) is 24.4. The summed E-state index contributed by atoms with van der Waals surface area (Å²) in [7, 11) is 0. The summed E-state index contributed by atoms with van der Waals surface area (Å²) in [6.45, 7) is 7.11. The molecule has 2 amide bonds. The van der Waals surface area contributed by atoms with Gasteiger partial charge in [0.1, 0.15) is 12.1 Å². The highest BCUT2D eigenvalue weighted by Gasteiger charge is 2.31. The van der Waals surface area contributed by atoms with Crippen molar-refractivity contribution in [3.8, 4) is 22.8 Å². The Balaban J connectivity index is 1.20. The number of amides is 2. The van der Waals surface area contributed by atoms with Crippen molar-refractivity contribution >= 4 is 34.9 Å². The molecular weight excluding hydrogens is 579 g/mol. The minimum absolute atomic E-state index is 0.320. The first-order valence-electron chi connectivity index (χ1n) is 13.4. The van der Waals surface area contributed by atoms with Crippen LogP contribution in [0.25, 0.3) is 17.1 Å². The number of thioether (sulfide) groups is 1. The number of ether oxygens (including phenoxy) is 1. The maximum Gasteiger partial charge on any atom is 0.573 e. The molecule has 0 spiro atoms. The molecule has 3 aromatic carbocycles. The Morgan fingerprint density at radius 3 is 2.53 bits per heavy atom. The normalized spacial score (nSPS) is 14.7. The second-order valence-corrected chi connectivity index (χ2v) is 11.0. The van der Waals surface area contributed by atoms with E-state index in [1.165, 1.54) is 58.8 Å². The SMILES string of the molecule is Cc1ccc(C(C)C)c(N2CCS/C2=N\C(=O)N/N=C/c2ccc(-c3ncn(-c4ccc(OC(F)(F)F)cc4)n3)cc2)c1. The van der Waals surface area contributed by atoms with Crippen LogP contribution in [-0.4, -0.2) is 50.8 Å². The van der Waals surface area contributed by atoms with E-state index < -0.39 is 12.4 Å². The standard InChI is InChI=1S/C30H28F3N7O2S/c1-19(2)25-13-4-20(3)16-26(25)39-14-15-43-29(39)36-28(41)37-35-17-21-5-7-22(8-6-21)27-34-18-40(38-27)23-9-11-24(12-10-23)42-30(31,32)33/h4-13,16-19H,14-15H2,1-3H3,(H,37,41)/b35-17+,36-29-. The van der Waals surface area contributed by atoms with Gasteiger partial charge in [0.25, 0.3) is 0 Å². The molecule has 4 aromatic rings. The average Bonchev–Trinajstić information content (AvgIpc) is 3.63. The summed E-state index contributed by atoms with van der Waals surface area (Å²) in [5.74, 6) is 1.28. The molecule has 0 radical (unpaired) electrons. The van der Waals surface area contributed by atoms with Crippen molar-refractivity contribution in [1.29, 1.82) is 0 Å². The third-order valence-corrected chi connectivity index (χ3v) is 7.40. The van der Waals surface area contributed by atoms with Crippen LogP contribution in [0.3, 0.4) is 0 Å². The van der Waals surface area contributed by atoms with Crippen LogP contribution in [0, 0.1) is 6.92 Å². The largest absolute Gasteiger partial charge is 0.573 e. The molecule has 13 heteroatoms. The van der Waals surface area contributed by atoms with Crippen LogP contribution in [0.1, 0.15) is 36.5 Å². The number of carbonyl (C=O) groups excluding carboxylic acids is 1. The van der Waals surface area contributed by atoms with Gasteiger partial charge in [0, 0.05) is 23.5 Å². The van der Waals surface area contributed by atoms with Crippen LogP contribution >= 0.6 is 11.8 Å². The number of aromatic nitrogens is 3. The van der Waals surface area contributed by atoms with E-state index >= 15 is 0 Å². The van der Waals surface area contributed by atoms with Gasteiger partial charge in [-0.25, -0.2) is 19.9 Å². The zero-order valence-electron chi connectivity index (χ0n) is 23.5. The summed E-state index contributed by atoms with van der Waals surface area (Å²) in [6.07, 6.45) is -1.78. The topological polar surface area (TPSA) is 97.0 Å². The number of anilines is 1. The lowest BCUT2D eigenvalue weighted by Gasteiger charge is -2.23. The van der Waals surface area contributed by atoms with Gasteiger partial charge in [-0.15, -0.1) is 18.3 Å². The first-order valence-corrected chi connectivity index (χ1v) is 14.4. The molecule has 9 nitrogen and oxygen atoms in total. The van der Waals surface area contributed by atoms with E-state index in [1.807, 2.05) is 6.92 Å². The van der Waals surface area contributed by atoms with E-state index in [1.54, 1.807) is 24.3 Å². The van der Waals surface area contributed by atoms with Crippen LogP contribution in [0.5, 0.6) is 5.75 Å². The van der Waals surface area contributed by atoms with E-state index in [-0.39, 0.29) is 5.75 Å². The number of halogens is 3. The van der Waals surface area contributed by atoms with Gasteiger partial charge in [-0.05, 0) is 59.9 Å². The molecule has 1 aromatic heterocycles. The molecule has 0 aliphatic carbocycles. The van der Waals surface area contributed by atoms with Crippen molar-refractivity contribution in [3.05, 3.63) is 89.7 Å². The number of nitrogens with zero attached hydrogens (tertiary/aromatic N) is 6.